The molecular formula is C70H64N2. The molecule has 0 bridgehead atoms. The Labute approximate surface area is 424 Å². The van der Waals surface area contributed by atoms with Gasteiger partial charge in [-0.25, -0.2) is 0 Å². The quantitative estimate of drug-likeness (QED) is 0.166. The van der Waals surface area contributed by atoms with Gasteiger partial charge in [-0.15, -0.1) is 0 Å². The lowest BCUT2D eigenvalue weighted by atomic mass is 9.85. The molecule has 0 amide bonds. The Balaban J connectivity index is 1.30. The molecule has 9 aromatic carbocycles. The van der Waals surface area contributed by atoms with Crippen LogP contribution in [0.2, 0.25) is 0 Å². The van der Waals surface area contributed by atoms with E-state index < -0.39 is 0 Å². The normalized spacial score (nSPS) is 13.3. The molecule has 0 aliphatic rings. The Morgan fingerprint density at radius 2 is 0.569 bits per heavy atom. The molecule has 0 atom stereocenters. The van der Waals surface area contributed by atoms with Gasteiger partial charge in [0.05, 0.1) is 33.1 Å². The Morgan fingerprint density at radius 3 is 0.903 bits per heavy atom. The Kier molecular flexibility index (Phi) is 9.31. The summed E-state index contributed by atoms with van der Waals surface area (Å²) in [6, 6.07) is 65.9. The van der Waals surface area contributed by atoms with Crippen molar-refractivity contribution in [2.75, 3.05) is 0 Å². The van der Waals surface area contributed by atoms with E-state index in [4.69, 9.17) is 0 Å². The summed E-state index contributed by atoms with van der Waals surface area (Å²) in [6.07, 6.45) is 0. The molecule has 2 heteroatoms. The van der Waals surface area contributed by atoms with E-state index in [2.05, 4.69) is 262 Å². The number of fused-ring (bicyclic) bond motifs is 12. The van der Waals surface area contributed by atoms with Gasteiger partial charge in [0, 0.05) is 54.2 Å². The van der Waals surface area contributed by atoms with E-state index in [1.54, 1.807) is 0 Å². The van der Waals surface area contributed by atoms with Crippen molar-refractivity contribution in [2.24, 2.45) is 0 Å². The van der Waals surface area contributed by atoms with E-state index in [1.165, 1.54) is 143 Å². The lowest BCUT2D eigenvalue weighted by Crippen LogP contribution is -2.10. The van der Waals surface area contributed by atoms with Gasteiger partial charge in [-0.3, -0.25) is 0 Å². The average molecular weight is 933 g/mol. The first kappa shape index (κ1) is 44.5. The summed E-state index contributed by atoms with van der Waals surface area (Å²) < 4.78 is 5.33. The molecule has 2 nitrogen and oxygen atoms in total. The van der Waals surface area contributed by atoms with Crippen LogP contribution >= 0.6 is 0 Å². The van der Waals surface area contributed by atoms with E-state index in [1.807, 2.05) is 0 Å². The molecular weight excluding hydrogens is 869 g/mol. The molecule has 0 spiro atoms. The molecule has 0 fully saturated rings. The van der Waals surface area contributed by atoms with E-state index >= 15 is 0 Å². The second kappa shape index (κ2) is 15.1. The predicted molar refractivity (Wildman–Crippen MR) is 312 cm³/mol. The van der Waals surface area contributed by atoms with Gasteiger partial charge >= 0.3 is 0 Å². The number of hydrogen-bond acceptors (Lipinski definition) is 0. The third kappa shape index (κ3) is 6.53. The third-order valence-corrected chi connectivity index (χ3v) is 16.2. The summed E-state index contributed by atoms with van der Waals surface area (Å²) in [7, 11) is 0. The molecule has 354 valence electrons. The summed E-state index contributed by atoms with van der Waals surface area (Å²) in [5.74, 6) is 0. The number of aromatic nitrogens is 2. The van der Waals surface area contributed by atoms with Crippen LogP contribution in [0.4, 0.5) is 0 Å². The minimum absolute atomic E-state index is 0.0162. The van der Waals surface area contributed by atoms with Crippen molar-refractivity contribution >= 4 is 76.2 Å². The van der Waals surface area contributed by atoms with Gasteiger partial charge in [0.15, 0.2) is 0 Å². The summed E-state index contributed by atoms with van der Waals surface area (Å²) in [5.41, 5.74) is 22.9. The highest BCUT2D eigenvalue weighted by atomic mass is 14.9. The zero-order chi connectivity index (χ0) is 50.0. The summed E-state index contributed by atoms with van der Waals surface area (Å²) in [6.45, 7) is 27.8. The second-order valence-electron chi connectivity index (χ2n) is 25.1. The van der Waals surface area contributed by atoms with Crippen LogP contribution in [0.5, 0.6) is 0 Å². The van der Waals surface area contributed by atoms with Crippen LogP contribution in [0.1, 0.15) is 105 Å². The van der Waals surface area contributed by atoms with Crippen molar-refractivity contribution in [3.8, 4) is 44.5 Å². The second-order valence-corrected chi connectivity index (χ2v) is 25.1. The van der Waals surface area contributed by atoms with Crippen LogP contribution in [0, 0.1) is 0 Å². The minimum atomic E-state index is -0.0162. The van der Waals surface area contributed by atoms with Crippen LogP contribution < -0.4 is 0 Å². The molecule has 0 saturated carbocycles. The lowest BCUT2D eigenvalue weighted by Gasteiger charge is -2.20. The standard InChI is InChI=1S/C70H64N2/c1-67(2,3)47-27-23-41(24-28-47)45-35-53-51-39-49(69(7,8)9)31-33-57(51)71-63(53)55(37-45)61-59(43-19-15-13-16-20-43)66-62(60(65(61)71)44-21-17-14-18-22-44)56-38-46(42-25-29-48(30-26-42)68(4,5)6)36-54-52-40-50(70(10,11)12)32-34-58(52)72(66)64(54)56/h13-40H,1-12H3. The van der Waals surface area contributed by atoms with Crippen molar-refractivity contribution < 1.29 is 0 Å². The number of nitrogens with zero attached hydrogens (tertiary/aromatic N) is 2. The molecule has 0 N–H and O–H groups in total. The molecule has 0 saturated heterocycles. The van der Waals surface area contributed by atoms with Crippen LogP contribution in [0.3, 0.4) is 0 Å². The molecule has 13 rings (SSSR count). The fraction of sp³-hybridized carbons (Fsp3) is 0.229. The Morgan fingerprint density at radius 1 is 0.250 bits per heavy atom. The van der Waals surface area contributed by atoms with E-state index in [-0.39, 0.29) is 21.7 Å². The first-order valence-electron chi connectivity index (χ1n) is 26.1. The topological polar surface area (TPSA) is 8.82 Å². The molecule has 0 radical (unpaired) electrons. The van der Waals surface area contributed by atoms with Crippen LogP contribution in [0.15, 0.2) is 170 Å². The molecule has 0 aliphatic heterocycles. The van der Waals surface area contributed by atoms with Gasteiger partial charge < -0.3 is 8.80 Å². The fourth-order valence-electron chi connectivity index (χ4n) is 12.2. The lowest BCUT2D eigenvalue weighted by molar-refractivity contribution is 0.590. The highest BCUT2D eigenvalue weighted by Crippen LogP contribution is 2.55. The highest BCUT2D eigenvalue weighted by Gasteiger charge is 2.32. The van der Waals surface area contributed by atoms with E-state index in [9.17, 15) is 0 Å². The van der Waals surface area contributed by atoms with Gasteiger partial charge in [0.25, 0.3) is 0 Å². The maximum Gasteiger partial charge on any atom is 0.0634 e. The number of rotatable bonds is 4. The zero-order valence-corrected chi connectivity index (χ0v) is 44.1. The van der Waals surface area contributed by atoms with Gasteiger partial charge in [-0.2, -0.15) is 0 Å². The maximum atomic E-state index is 2.66. The average Bonchev–Trinajstić information content (AvgIpc) is 4.08. The van der Waals surface area contributed by atoms with Crippen LogP contribution in [0.25, 0.3) is 121 Å². The van der Waals surface area contributed by atoms with Gasteiger partial charge in [-0.1, -0.05) is 204 Å². The summed E-state index contributed by atoms with van der Waals surface area (Å²) in [5, 5.41) is 10.3. The SMILES string of the molecule is CC(C)(C)c1ccc(-c2cc3c4cc(C(C)(C)C)ccc4n4c5c(-c6ccccc6)c6c7cc(-c8ccc(C(C)(C)C)cc8)cc8c9cc(C(C)(C)C)ccc9n(c6c(-c6ccccc6)c5c(c2)c34)c87)cc1. The monoisotopic (exact) mass is 933 g/mol. The predicted octanol–water partition coefficient (Wildman–Crippen LogP) is 19.8. The fourth-order valence-corrected chi connectivity index (χ4v) is 12.2. The van der Waals surface area contributed by atoms with Gasteiger partial charge in [0.2, 0.25) is 0 Å². The molecule has 13 aromatic rings. The van der Waals surface area contributed by atoms with Gasteiger partial charge in [0.1, 0.15) is 0 Å². The largest absolute Gasteiger partial charge is 0.307 e. The zero-order valence-electron chi connectivity index (χ0n) is 44.1. The Bertz CT molecular complexity index is 4000. The van der Waals surface area contributed by atoms with Crippen molar-refractivity contribution in [3.05, 3.63) is 192 Å². The molecule has 0 aliphatic carbocycles. The maximum absolute atomic E-state index is 2.66. The van der Waals surface area contributed by atoms with Crippen LogP contribution in [-0.2, 0) is 21.7 Å². The van der Waals surface area contributed by atoms with Crippen molar-refractivity contribution in [1.29, 1.82) is 0 Å². The highest BCUT2D eigenvalue weighted by molar-refractivity contribution is 6.38. The molecule has 72 heavy (non-hydrogen) atoms. The first-order valence-corrected chi connectivity index (χ1v) is 26.1. The summed E-state index contributed by atoms with van der Waals surface area (Å²) in [4.78, 5) is 0. The molecule has 0 unspecified atom stereocenters. The van der Waals surface area contributed by atoms with Crippen molar-refractivity contribution in [2.45, 2.75) is 105 Å². The van der Waals surface area contributed by atoms with Crippen molar-refractivity contribution in [3.63, 3.8) is 0 Å². The molecule has 4 heterocycles. The van der Waals surface area contributed by atoms with Crippen LogP contribution in [-0.4, -0.2) is 8.80 Å². The first-order chi connectivity index (χ1) is 34.3. The van der Waals surface area contributed by atoms with Gasteiger partial charge in [-0.05, 0) is 126 Å². The number of benzene rings is 9. The third-order valence-electron chi connectivity index (χ3n) is 16.2. The number of hydrogen-bond donors (Lipinski definition) is 0. The molecule has 4 aromatic heterocycles. The van der Waals surface area contributed by atoms with E-state index in [0.29, 0.717) is 0 Å². The van der Waals surface area contributed by atoms with E-state index in [0.717, 1.165) is 0 Å². The summed E-state index contributed by atoms with van der Waals surface area (Å²) >= 11 is 0. The van der Waals surface area contributed by atoms with Crippen molar-refractivity contribution in [1.82, 2.24) is 8.80 Å². The minimum Gasteiger partial charge on any atom is -0.307 e. The Hall–Kier alpha value is -7.42. The smallest absolute Gasteiger partial charge is 0.0634 e.